The maximum absolute atomic E-state index is 4.32. The maximum Gasteiger partial charge on any atom is 0.105 e. The van der Waals surface area contributed by atoms with Crippen molar-refractivity contribution < 1.29 is 0 Å². The van der Waals surface area contributed by atoms with Crippen LogP contribution in [0.5, 0.6) is 0 Å². The fraction of sp³-hybridized carbons (Fsp3) is 0.700. The number of aryl methyl sites for hydroxylation is 1. The average Bonchev–Trinajstić information content (AvgIpc) is 2.29. The average molecular weight is 166 g/mol. The summed E-state index contributed by atoms with van der Waals surface area (Å²) in [6, 6.07) is 0. The topological polar surface area (TPSA) is 17.8 Å². The molecule has 0 aliphatic heterocycles. The molecule has 1 heterocycles. The van der Waals surface area contributed by atoms with Gasteiger partial charge in [-0.25, -0.2) is 4.98 Å². The number of imidazole rings is 1. The van der Waals surface area contributed by atoms with Gasteiger partial charge in [0.05, 0.1) is 0 Å². The Morgan fingerprint density at radius 3 is 2.33 bits per heavy atom. The molecule has 0 radical (unpaired) electrons. The van der Waals surface area contributed by atoms with Crippen molar-refractivity contribution >= 4 is 0 Å². The molecule has 2 nitrogen and oxygen atoms in total. The van der Waals surface area contributed by atoms with Gasteiger partial charge in [-0.05, 0) is 13.8 Å². The zero-order chi connectivity index (χ0) is 9.35. The molecule has 0 aliphatic rings. The first kappa shape index (κ1) is 9.30. The van der Waals surface area contributed by atoms with E-state index in [1.807, 2.05) is 6.20 Å². The standard InChI is InChI=1S/C10H18N2/c1-6-12-8(2)11-7-9(12)10(3,4)5/h7H,6H2,1-5H3. The van der Waals surface area contributed by atoms with Gasteiger partial charge in [0.2, 0.25) is 0 Å². The van der Waals surface area contributed by atoms with Crippen LogP contribution in [0.15, 0.2) is 6.20 Å². The Morgan fingerprint density at radius 2 is 2.00 bits per heavy atom. The zero-order valence-electron chi connectivity index (χ0n) is 8.68. The summed E-state index contributed by atoms with van der Waals surface area (Å²) >= 11 is 0. The Bertz CT molecular complexity index is 266. The lowest BCUT2D eigenvalue weighted by Crippen LogP contribution is -2.17. The van der Waals surface area contributed by atoms with Crippen molar-refractivity contribution in [3.63, 3.8) is 0 Å². The Morgan fingerprint density at radius 1 is 1.42 bits per heavy atom. The molecule has 0 bridgehead atoms. The number of hydrogen-bond donors (Lipinski definition) is 0. The summed E-state index contributed by atoms with van der Waals surface area (Å²) in [5.74, 6) is 1.11. The van der Waals surface area contributed by atoms with Gasteiger partial charge in [-0.15, -0.1) is 0 Å². The largest absolute Gasteiger partial charge is 0.332 e. The van der Waals surface area contributed by atoms with E-state index in [-0.39, 0.29) is 5.41 Å². The fourth-order valence-electron chi connectivity index (χ4n) is 1.47. The maximum atomic E-state index is 4.32. The third-order valence-electron chi connectivity index (χ3n) is 2.14. The minimum absolute atomic E-state index is 0.206. The molecule has 0 N–H and O–H groups in total. The SMILES string of the molecule is CCn1c(C(C)(C)C)cnc1C. The van der Waals surface area contributed by atoms with Gasteiger partial charge in [0, 0.05) is 23.9 Å². The quantitative estimate of drug-likeness (QED) is 0.626. The van der Waals surface area contributed by atoms with Crippen LogP contribution in [0.2, 0.25) is 0 Å². The van der Waals surface area contributed by atoms with Crippen molar-refractivity contribution in [3.05, 3.63) is 17.7 Å². The molecule has 0 saturated carbocycles. The third kappa shape index (κ3) is 1.52. The first-order valence-electron chi connectivity index (χ1n) is 4.49. The van der Waals surface area contributed by atoms with E-state index < -0.39 is 0 Å². The van der Waals surface area contributed by atoms with Crippen LogP contribution in [-0.2, 0) is 12.0 Å². The van der Waals surface area contributed by atoms with Crippen molar-refractivity contribution in [2.75, 3.05) is 0 Å². The molecule has 0 atom stereocenters. The molecule has 68 valence electrons. The summed E-state index contributed by atoms with van der Waals surface area (Å²) in [5.41, 5.74) is 1.53. The van der Waals surface area contributed by atoms with Crippen LogP contribution in [0, 0.1) is 6.92 Å². The van der Waals surface area contributed by atoms with Gasteiger partial charge in [0.25, 0.3) is 0 Å². The lowest BCUT2D eigenvalue weighted by atomic mass is 9.92. The number of hydrogen-bond acceptors (Lipinski definition) is 1. The van der Waals surface area contributed by atoms with Crippen LogP contribution in [0.4, 0.5) is 0 Å². The first-order chi connectivity index (χ1) is 5.46. The van der Waals surface area contributed by atoms with E-state index in [2.05, 4.69) is 44.2 Å². The van der Waals surface area contributed by atoms with E-state index in [1.54, 1.807) is 0 Å². The second-order valence-electron chi connectivity index (χ2n) is 4.18. The lowest BCUT2D eigenvalue weighted by Gasteiger charge is -2.20. The molecule has 1 rings (SSSR count). The van der Waals surface area contributed by atoms with E-state index in [0.717, 1.165) is 12.4 Å². The molecule has 0 amide bonds. The monoisotopic (exact) mass is 166 g/mol. The summed E-state index contributed by atoms with van der Waals surface area (Å²) in [4.78, 5) is 4.32. The first-order valence-corrected chi connectivity index (χ1v) is 4.49. The molecular formula is C10H18N2. The normalized spacial score (nSPS) is 12.1. The van der Waals surface area contributed by atoms with Gasteiger partial charge < -0.3 is 4.57 Å². The second-order valence-corrected chi connectivity index (χ2v) is 4.18. The Kier molecular flexibility index (Phi) is 2.27. The van der Waals surface area contributed by atoms with Crippen LogP contribution in [-0.4, -0.2) is 9.55 Å². The Labute approximate surface area is 74.6 Å². The van der Waals surface area contributed by atoms with E-state index in [1.165, 1.54) is 5.69 Å². The van der Waals surface area contributed by atoms with Crippen molar-refractivity contribution in [1.29, 1.82) is 0 Å². The Balaban J connectivity index is 3.16. The highest BCUT2D eigenvalue weighted by molar-refractivity contribution is 5.13. The summed E-state index contributed by atoms with van der Waals surface area (Å²) < 4.78 is 2.26. The van der Waals surface area contributed by atoms with Crippen LogP contribution < -0.4 is 0 Å². The van der Waals surface area contributed by atoms with Gasteiger partial charge in [-0.2, -0.15) is 0 Å². The molecule has 0 aromatic carbocycles. The van der Waals surface area contributed by atoms with Crippen LogP contribution in [0.1, 0.15) is 39.2 Å². The zero-order valence-corrected chi connectivity index (χ0v) is 8.68. The van der Waals surface area contributed by atoms with Gasteiger partial charge >= 0.3 is 0 Å². The predicted molar refractivity (Wildman–Crippen MR) is 51.3 cm³/mol. The van der Waals surface area contributed by atoms with E-state index in [0.29, 0.717) is 0 Å². The molecule has 1 aromatic rings. The summed E-state index contributed by atoms with van der Waals surface area (Å²) in [6.45, 7) is 11.9. The molecular weight excluding hydrogens is 148 g/mol. The highest BCUT2D eigenvalue weighted by Gasteiger charge is 2.19. The Hall–Kier alpha value is -0.790. The fourth-order valence-corrected chi connectivity index (χ4v) is 1.47. The number of rotatable bonds is 1. The van der Waals surface area contributed by atoms with Gasteiger partial charge in [-0.1, -0.05) is 20.8 Å². The summed E-state index contributed by atoms with van der Waals surface area (Å²) in [6.07, 6.45) is 1.98. The number of nitrogens with zero attached hydrogens (tertiary/aromatic N) is 2. The van der Waals surface area contributed by atoms with Crippen molar-refractivity contribution in [1.82, 2.24) is 9.55 Å². The third-order valence-corrected chi connectivity index (χ3v) is 2.14. The smallest absolute Gasteiger partial charge is 0.105 e. The number of aromatic nitrogens is 2. The van der Waals surface area contributed by atoms with E-state index >= 15 is 0 Å². The van der Waals surface area contributed by atoms with E-state index in [4.69, 9.17) is 0 Å². The molecule has 0 aliphatic carbocycles. The highest BCUT2D eigenvalue weighted by Crippen LogP contribution is 2.22. The van der Waals surface area contributed by atoms with Gasteiger partial charge in [0.1, 0.15) is 5.82 Å². The predicted octanol–water partition coefficient (Wildman–Crippen LogP) is 2.51. The van der Waals surface area contributed by atoms with Gasteiger partial charge in [0.15, 0.2) is 0 Å². The molecule has 12 heavy (non-hydrogen) atoms. The summed E-state index contributed by atoms with van der Waals surface area (Å²) in [5, 5.41) is 0. The second kappa shape index (κ2) is 2.92. The summed E-state index contributed by atoms with van der Waals surface area (Å²) in [7, 11) is 0. The van der Waals surface area contributed by atoms with Crippen LogP contribution in [0.25, 0.3) is 0 Å². The van der Waals surface area contributed by atoms with Crippen LogP contribution in [0.3, 0.4) is 0 Å². The van der Waals surface area contributed by atoms with Crippen LogP contribution >= 0.6 is 0 Å². The molecule has 0 fully saturated rings. The molecule has 0 spiro atoms. The van der Waals surface area contributed by atoms with Crippen molar-refractivity contribution in [2.45, 2.75) is 46.6 Å². The minimum Gasteiger partial charge on any atom is -0.332 e. The molecule has 2 heteroatoms. The minimum atomic E-state index is 0.206. The van der Waals surface area contributed by atoms with E-state index in [9.17, 15) is 0 Å². The lowest BCUT2D eigenvalue weighted by molar-refractivity contribution is 0.521. The molecule has 1 aromatic heterocycles. The molecule has 0 saturated heterocycles. The van der Waals surface area contributed by atoms with Crippen molar-refractivity contribution in [3.8, 4) is 0 Å². The highest BCUT2D eigenvalue weighted by atomic mass is 15.1. The van der Waals surface area contributed by atoms with Gasteiger partial charge in [-0.3, -0.25) is 0 Å². The molecule has 0 unspecified atom stereocenters. The van der Waals surface area contributed by atoms with Crippen molar-refractivity contribution in [2.24, 2.45) is 0 Å².